The van der Waals surface area contributed by atoms with Gasteiger partial charge < -0.3 is 10.4 Å². The average Bonchev–Trinajstić information content (AvgIpc) is 3.02. The van der Waals surface area contributed by atoms with Crippen LogP contribution in [0.1, 0.15) is 64.7 Å². The van der Waals surface area contributed by atoms with Crippen molar-refractivity contribution >= 4 is 21.7 Å². The smallest absolute Gasteiger partial charge is 0.329 e. The molecule has 0 bridgehead atoms. The zero-order valence-corrected chi connectivity index (χ0v) is 14.5. The summed E-state index contributed by atoms with van der Waals surface area (Å²) in [6.45, 7) is 2.07. The number of sulfone groups is 1. The molecule has 0 unspecified atom stereocenters. The van der Waals surface area contributed by atoms with Crippen LogP contribution in [0.3, 0.4) is 0 Å². The lowest BCUT2D eigenvalue weighted by molar-refractivity contribution is -0.149. The lowest BCUT2D eigenvalue weighted by atomic mass is 9.75. The molecule has 0 spiro atoms. The fraction of sp³-hybridized carbons (Fsp3) is 0.875. The maximum absolute atomic E-state index is 12.2. The number of hydrogen-bond donors (Lipinski definition) is 2. The molecule has 0 aliphatic heterocycles. The quantitative estimate of drug-likeness (QED) is 0.765. The minimum atomic E-state index is -3.48. The number of aliphatic carboxylic acids is 1. The summed E-state index contributed by atoms with van der Waals surface area (Å²) in [6, 6.07) is 0. The summed E-state index contributed by atoms with van der Waals surface area (Å²) < 4.78 is 24.5. The molecule has 0 aromatic carbocycles. The van der Waals surface area contributed by atoms with E-state index < -0.39 is 38.3 Å². The molecule has 2 saturated carbocycles. The van der Waals surface area contributed by atoms with Crippen LogP contribution < -0.4 is 5.32 Å². The SMILES string of the molecule is CCC1CCC(NC(=O)CS(=O)(=O)C2CCCC2)(C(=O)O)CC1. The minimum absolute atomic E-state index is 0.371. The van der Waals surface area contributed by atoms with E-state index in [4.69, 9.17) is 0 Å². The van der Waals surface area contributed by atoms with Crippen LogP contribution in [0.5, 0.6) is 0 Å². The molecule has 0 heterocycles. The van der Waals surface area contributed by atoms with Gasteiger partial charge in [-0.05, 0) is 44.4 Å². The lowest BCUT2D eigenvalue weighted by Crippen LogP contribution is -2.57. The number of rotatable bonds is 6. The predicted molar refractivity (Wildman–Crippen MR) is 86.8 cm³/mol. The minimum Gasteiger partial charge on any atom is -0.480 e. The van der Waals surface area contributed by atoms with E-state index in [1.807, 2.05) is 0 Å². The Balaban J connectivity index is 2.00. The molecule has 2 rings (SSSR count). The molecule has 2 N–H and O–H groups in total. The molecule has 0 saturated heterocycles. The fourth-order valence-electron chi connectivity index (χ4n) is 3.82. The first-order valence-corrected chi connectivity index (χ1v) is 10.3. The molecule has 2 fully saturated rings. The van der Waals surface area contributed by atoms with Crippen LogP contribution in [0.4, 0.5) is 0 Å². The Hall–Kier alpha value is -1.11. The van der Waals surface area contributed by atoms with Gasteiger partial charge in [-0.3, -0.25) is 4.79 Å². The number of hydrogen-bond acceptors (Lipinski definition) is 4. The number of carbonyl (C=O) groups excluding carboxylic acids is 1. The van der Waals surface area contributed by atoms with Crippen molar-refractivity contribution in [3.63, 3.8) is 0 Å². The van der Waals surface area contributed by atoms with Gasteiger partial charge in [0.25, 0.3) is 0 Å². The third kappa shape index (κ3) is 4.25. The normalized spacial score (nSPS) is 29.3. The van der Waals surface area contributed by atoms with Gasteiger partial charge in [0.15, 0.2) is 9.84 Å². The van der Waals surface area contributed by atoms with Crippen molar-refractivity contribution in [2.75, 3.05) is 5.75 Å². The van der Waals surface area contributed by atoms with E-state index in [0.29, 0.717) is 31.6 Å². The highest BCUT2D eigenvalue weighted by molar-refractivity contribution is 7.92. The van der Waals surface area contributed by atoms with E-state index in [-0.39, 0.29) is 0 Å². The van der Waals surface area contributed by atoms with E-state index in [1.165, 1.54) is 0 Å². The molecule has 0 atom stereocenters. The standard InChI is InChI=1S/C16H27NO5S/c1-2-12-7-9-16(10-8-12,15(19)20)17-14(18)11-23(21,22)13-5-3-4-6-13/h12-13H,2-11H2,1H3,(H,17,18)(H,19,20). The Bertz CT molecular complexity index is 543. The van der Waals surface area contributed by atoms with Crippen LogP contribution in [-0.2, 0) is 19.4 Å². The van der Waals surface area contributed by atoms with Crippen LogP contribution >= 0.6 is 0 Å². The van der Waals surface area contributed by atoms with Gasteiger partial charge in [0.05, 0.1) is 5.25 Å². The number of carbonyl (C=O) groups is 2. The average molecular weight is 345 g/mol. The first kappa shape index (κ1) is 18.2. The molecule has 0 radical (unpaired) electrons. The van der Waals surface area contributed by atoms with E-state index in [0.717, 1.165) is 32.1 Å². The second-order valence-corrected chi connectivity index (χ2v) is 9.28. The highest BCUT2D eigenvalue weighted by atomic mass is 32.2. The molecule has 2 aliphatic carbocycles. The number of nitrogens with one attached hydrogen (secondary N) is 1. The molecule has 7 heteroatoms. The van der Waals surface area contributed by atoms with Crippen molar-refractivity contribution in [1.82, 2.24) is 5.32 Å². The number of amides is 1. The van der Waals surface area contributed by atoms with Crippen LogP contribution in [0.15, 0.2) is 0 Å². The summed E-state index contributed by atoms with van der Waals surface area (Å²) in [6.07, 6.45) is 6.21. The topological polar surface area (TPSA) is 101 Å². The van der Waals surface area contributed by atoms with Crippen LogP contribution in [-0.4, -0.2) is 41.9 Å². The predicted octanol–water partition coefficient (Wildman–Crippen LogP) is 1.88. The third-order valence-corrected chi connectivity index (χ3v) is 7.62. The summed E-state index contributed by atoms with van der Waals surface area (Å²) in [5, 5.41) is 11.6. The Kier molecular flexibility index (Phi) is 5.70. The molecule has 0 aromatic heterocycles. The maximum Gasteiger partial charge on any atom is 0.329 e. The molecule has 6 nitrogen and oxygen atoms in total. The maximum atomic E-state index is 12.2. The van der Waals surface area contributed by atoms with Crippen LogP contribution in [0.25, 0.3) is 0 Å². The first-order chi connectivity index (χ1) is 10.8. The molecule has 1 amide bonds. The van der Waals surface area contributed by atoms with Crippen LogP contribution in [0.2, 0.25) is 0 Å². The molecular weight excluding hydrogens is 318 g/mol. The van der Waals surface area contributed by atoms with Gasteiger partial charge in [-0.2, -0.15) is 0 Å². The zero-order chi connectivity index (χ0) is 17.1. The van der Waals surface area contributed by atoms with Gasteiger partial charge in [0, 0.05) is 0 Å². The zero-order valence-electron chi connectivity index (χ0n) is 13.7. The summed E-state index contributed by atoms with van der Waals surface area (Å²) in [5.41, 5.74) is -1.30. The van der Waals surface area contributed by atoms with Gasteiger partial charge in [-0.25, -0.2) is 13.2 Å². The summed E-state index contributed by atoms with van der Waals surface area (Å²) in [7, 11) is -3.48. The molecule has 2 aliphatic rings. The van der Waals surface area contributed by atoms with Gasteiger partial charge in [-0.15, -0.1) is 0 Å². The fourth-order valence-corrected chi connectivity index (χ4v) is 5.55. The first-order valence-electron chi connectivity index (χ1n) is 8.55. The lowest BCUT2D eigenvalue weighted by Gasteiger charge is -2.37. The van der Waals surface area contributed by atoms with Crippen molar-refractivity contribution in [2.45, 2.75) is 75.5 Å². The van der Waals surface area contributed by atoms with Crippen molar-refractivity contribution in [1.29, 1.82) is 0 Å². The highest BCUT2D eigenvalue weighted by Crippen LogP contribution is 2.34. The second kappa shape index (κ2) is 7.20. The van der Waals surface area contributed by atoms with Gasteiger partial charge >= 0.3 is 5.97 Å². The highest BCUT2D eigenvalue weighted by Gasteiger charge is 2.43. The molecule has 23 heavy (non-hydrogen) atoms. The number of carboxylic acid groups (broad SMARTS) is 1. The Morgan fingerprint density at radius 2 is 1.70 bits per heavy atom. The molecule has 132 valence electrons. The Morgan fingerprint density at radius 1 is 1.13 bits per heavy atom. The monoisotopic (exact) mass is 345 g/mol. The van der Waals surface area contributed by atoms with E-state index in [9.17, 15) is 23.1 Å². The Labute approximate surface area is 137 Å². The molecular formula is C16H27NO5S. The van der Waals surface area contributed by atoms with E-state index >= 15 is 0 Å². The van der Waals surface area contributed by atoms with Crippen molar-refractivity contribution in [3.8, 4) is 0 Å². The summed E-state index contributed by atoms with van der Waals surface area (Å²) in [4.78, 5) is 23.9. The van der Waals surface area contributed by atoms with Crippen molar-refractivity contribution in [2.24, 2.45) is 5.92 Å². The van der Waals surface area contributed by atoms with Gasteiger partial charge in [0.1, 0.15) is 11.3 Å². The van der Waals surface area contributed by atoms with Gasteiger partial charge in [0.2, 0.25) is 5.91 Å². The van der Waals surface area contributed by atoms with E-state index in [2.05, 4.69) is 12.2 Å². The Morgan fingerprint density at radius 3 is 2.17 bits per heavy atom. The second-order valence-electron chi connectivity index (χ2n) is 7.00. The van der Waals surface area contributed by atoms with Gasteiger partial charge in [-0.1, -0.05) is 26.2 Å². The third-order valence-electron chi connectivity index (χ3n) is 5.47. The summed E-state index contributed by atoms with van der Waals surface area (Å²) in [5.74, 6) is -1.83. The summed E-state index contributed by atoms with van der Waals surface area (Å²) >= 11 is 0. The van der Waals surface area contributed by atoms with Crippen LogP contribution in [0, 0.1) is 5.92 Å². The van der Waals surface area contributed by atoms with Crippen molar-refractivity contribution in [3.05, 3.63) is 0 Å². The largest absolute Gasteiger partial charge is 0.480 e. The van der Waals surface area contributed by atoms with E-state index in [1.54, 1.807) is 0 Å². The molecule has 0 aromatic rings. The number of carboxylic acids is 1. The van der Waals surface area contributed by atoms with Crippen molar-refractivity contribution < 1.29 is 23.1 Å².